The van der Waals surface area contributed by atoms with Crippen LogP contribution in [0, 0.1) is 6.92 Å². The summed E-state index contributed by atoms with van der Waals surface area (Å²) in [7, 11) is 0. The van der Waals surface area contributed by atoms with Gasteiger partial charge in [0, 0.05) is 12.6 Å². The minimum Gasteiger partial charge on any atom is -0.492 e. The van der Waals surface area contributed by atoms with Crippen molar-refractivity contribution < 1.29 is 4.74 Å². The Morgan fingerprint density at radius 2 is 2.13 bits per heavy atom. The lowest BCUT2D eigenvalue weighted by molar-refractivity contribution is 0.338. The van der Waals surface area contributed by atoms with Gasteiger partial charge in [0.1, 0.15) is 5.75 Å². The van der Waals surface area contributed by atoms with Crippen LogP contribution in [0.25, 0.3) is 0 Å². The van der Waals surface area contributed by atoms with E-state index in [1.54, 1.807) is 0 Å². The van der Waals surface area contributed by atoms with Crippen LogP contribution < -0.4 is 16.2 Å². The highest BCUT2D eigenvalue weighted by molar-refractivity contribution is 6.32. The van der Waals surface area contributed by atoms with Crippen LogP contribution in [-0.4, -0.2) is 13.2 Å². The number of hydrogen-bond donors (Lipinski definition) is 2. The molecule has 1 unspecified atom stereocenters. The van der Waals surface area contributed by atoms with E-state index in [-0.39, 0.29) is 6.04 Å². The van der Waals surface area contributed by atoms with Gasteiger partial charge < -0.3 is 16.2 Å². The van der Waals surface area contributed by atoms with Crippen LogP contribution in [0.4, 0.5) is 0 Å². The molecule has 84 valence electrons. The molecule has 1 rings (SSSR count). The molecule has 3 nitrogen and oxygen atoms in total. The number of benzene rings is 1. The van der Waals surface area contributed by atoms with Crippen LogP contribution in [0.2, 0.25) is 5.02 Å². The van der Waals surface area contributed by atoms with Gasteiger partial charge in [0.2, 0.25) is 0 Å². The number of hydrogen-bond acceptors (Lipinski definition) is 3. The van der Waals surface area contributed by atoms with Gasteiger partial charge >= 0.3 is 0 Å². The molecule has 1 aromatic carbocycles. The molecule has 1 aromatic rings. The SMILES string of the molecule is CCOc1c(C)cc(C(N)CN)cc1Cl. The normalized spacial score (nSPS) is 12.6. The molecule has 15 heavy (non-hydrogen) atoms. The van der Waals surface area contributed by atoms with Crippen molar-refractivity contribution in [3.63, 3.8) is 0 Å². The smallest absolute Gasteiger partial charge is 0.140 e. The summed E-state index contributed by atoms with van der Waals surface area (Å²) in [5.41, 5.74) is 13.3. The van der Waals surface area contributed by atoms with Crippen LogP contribution in [0.15, 0.2) is 12.1 Å². The van der Waals surface area contributed by atoms with Crippen LogP contribution in [0.1, 0.15) is 24.1 Å². The molecule has 4 N–H and O–H groups in total. The molecule has 0 saturated heterocycles. The van der Waals surface area contributed by atoms with Crippen molar-refractivity contribution in [2.75, 3.05) is 13.2 Å². The molecule has 0 saturated carbocycles. The molecule has 4 heteroatoms. The number of aryl methyl sites for hydroxylation is 1. The minimum absolute atomic E-state index is 0.170. The third-order valence-electron chi connectivity index (χ3n) is 2.22. The van der Waals surface area contributed by atoms with Gasteiger partial charge in [-0.15, -0.1) is 0 Å². The van der Waals surface area contributed by atoms with Crippen molar-refractivity contribution in [1.29, 1.82) is 0 Å². The molecular weight excluding hydrogens is 212 g/mol. The second kappa shape index (κ2) is 5.35. The highest BCUT2D eigenvalue weighted by atomic mass is 35.5. The van der Waals surface area contributed by atoms with E-state index in [0.717, 1.165) is 16.9 Å². The van der Waals surface area contributed by atoms with Gasteiger partial charge in [-0.05, 0) is 31.0 Å². The minimum atomic E-state index is -0.170. The number of halogens is 1. The maximum Gasteiger partial charge on any atom is 0.140 e. The fraction of sp³-hybridized carbons (Fsp3) is 0.455. The third-order valence-corrected chi connectivity index (χ3v) is 2.50. The van der Waals surface area contributed by atoms with Gasteiger partial charge in [0.25, 0.3) is 0 Å². The molecule has 0 radical (unpaired) electrons. The fourth-order valence-electron chi connectivity index (χ4n) is 1.43. The van der Waals surface area contributed by atoms with E-state index in [2.05, 4.69) is 0 Å². The molecule has 0 aliphatic carbocycles. The Balaban J connectivity index is 3.07. The molecule has 0 aromatic heterocycles. The van der Waals surface area contributed by atoms with Gasteiger partial charge in [0.15, 0.2) is 0 Å². The summed E-state index contributed by atoms with van der Waals surface area (Å²) in [6.07, 6.45) is 0. The monoisotopic (exact) mass is 228 g/mol. The summed E-state index contributed by atoms with van der Waals surface area (Å²) in [5, 5.41) is 0.593. The van der Waals surface area contributed by atoms with E-state index in [9.17, 15) is 0 Å². The summed E-state index contributed by atoms with van der Waals surface area (Å²) in [5.74, 6) is 0.729. The lowest BCUT2D eigenvalue weighted by atomic mass is 10.0. The Morgan fingerprint density at radius 3 is 2.60 bits per heavy atom. The molecule has 0 aliphatic rings. The van der Waals surface area contributed by atoms with Crippen molar-refractivity contribution in [3.05, 3.63) is 28.3 Å². The van der Waals surface area contributed by atoms with Crippen molar-refractivity contribution >= 4 is 11.6 Å². The maximum absolute atomic E-state index is 6.09. The first-order valence-electron chi connectivity index (χ1n) is 4.98. The van der Waals surface area contributed by atoms with E-state index >= 15 is 0 Å². The van der Waals surface area contributed by atoms with Crippen molar-refractivity contribution in [2.24, 2.45) is 11.5 Å². The van der Waals surface area contributed by atoms with Crippen LogP contribution >= 0.6 is 11.6 Å². The van der Waals surface area contributed by atoms with Gasteiger partial charge in [-0.25, -0.2) is 0 Å². The highest BCUT2D eigenvalue weighted by Crippen LogP contribution is 2.31. The predicted molar refractivity (Wildman–Crippen MR) is 63.3 cm³/mol. The highest BCUT2D eigenvalue weighted by Gasteiger charge is 2.11. The average Bonchev–Trinajstić information content (AvgIpc) is 2.22. The van der Waals surface area contributed by atoms with Crippen molar-refractivity contribution in [1.82, 2.24) is 0 Å². The Hall–Kier alpha value is -0.770. The van der Waals surface area contributed by atoms with E-state index < -0.39 is 0 Å². The number of rotatable bonds is 4. The molecule has 0 spiro atoms. The zero-order valence-corrected chi connectivity index (χ0v) is 9.84. The first-order chi connectivity index (χ1) is 7.10. The molecule has 0 aliphatic heterocycles. The molecule has 0 fully saturated rings. The molecule has 0 amide bonds. The summed E-state index contributed by atoms with van der Waals surface area (Å²) in [6, 6.07) is 3.61. The maximum atomic E-state index is 6.09. The lowest BCUT2D eigenvalue weighted by Crippen LogP contribution is -2.20. The molecular formula is C11H17ClN2O. The lowest BCUT2D eigenvalue weighted by Gasteiger charge is -2.14. The predicted octanol–water partition coefficient (Wildman–Crippen LogP) is 2.01. The van der Waals surface area contributed by atoms with Crippen molar-refractivity contribution in [2.45, 2.75) is 19.9 Å². The quantitative estimate of drug-likeness (QED) is 0.829. The topological polar surface area (TPSA) is 61.3 Å². The summed E-state index contributed by atoms with van der Waals surface area (Å²) in [4.78, 5) is 0. The number of ether oxygens (including phenoxy) is 1. The fourth-order valence-corrected chi connectivity index (χ4v) is 1.76. The molecule has 1 atom stereocenters. The Bertz CT molecular complexity index is 318. The van der Waals surface area contributed by atoms with E-state index in [1.165, 1.54) is 0 Å². The van der Waals surface area contributed by atoms with E-state index in [0.29, 0.717) is 18.2 Å². The average molecular weight is 229 g/mol. The van der Waals surface area contributed by atoms with Crippen LogP contribution in [-0.2, 0) is 0 Å². The Morgan fingerprint density at radius 1 is 1.47 bits per heavy atom. The van der Waals surface area contributed by atoms with Gasteiger partial charge in [-0.3, -0.25) is 0 Å². The zero-order chi connectivity index (χ0) is 11.4. The Labute approximate surface area is 95.4 Å². The molecule has 0 heterocycles. The summed E-state index contributed by atoms with van der Waals surface area (Å²) >= 11 is 6.09. The largest absolute Gasteiger partial charge is 0.492 e. The molecule has 0 bridgehead atoms. The van der Waals surface area contributed by atoms with Gasteiger partial charge in [-0.2, -0.15) is 0 Å². The standard InChI is InChI=1S/C11H17ClN2O/c1-3-15-11-7(2)4-8(5-9(11)12)10(14)6-13/h4-5,10H,3,6,13-14H2,1-2H3. The second-order valence-electron chi connectivity index (χ2n) is 3.42. The first-order valence-corrected chi connectivity index (χ1v) is 5.36. The Kier molecular flexibility index (Phi) is 4.39. The number of nitrogens with two attached hydrogens (primary N) is 2. The zero-order valence-electron chi connectivity index (χ0n) is 9.09. The summed E-state index contributed by atoms with van der Waals surface area (Å²) < 4.78 is 5.43. The third kappa shape index (κ3) is 2.84. The first kappa shape index (κ1) is 12.3. The second-order valence-corrected chi connectivity index (χ2v) is 3.83. The van der Waals surface area contributed by atoms with Gasteiger partial charge in [-0.1, -0.05) is 17.7 Å². The van der Waals surface area contributed by atoms with Gasteiger partial charge in [0.05, 0.1) is 11.6 Å². The van der Waals surface area contributed by atoms with Crippen LogP contribution in [0.5, 0.6) is 5.75 Å². The van der Waals surface area contributed by atoms with E-state index in [4.69, 9.17) is 27.8 Å². The summed E-state index contributed by atoms with van der Waals surface area (Å²) in [6.45, 7) is 4.88. The van der Waals surface area contributed by atoms with Crippen molar-refractivity contribution in [3.8, 4) is 5.75 Å². The van der Waals surface area contributed by atoms with Crippen LogP contribution in [0.3, 0.4) is 0 Å². The van der Waals surface area contributed by atoms with E-state index in [1.807, 2.05) is 26.0 Å².